The SMILES string of the molecule is CC(C)(CO)NC(=O)c1cc(=O)c2ccccc2o1. The molecule has 0 saturated heterocycles. The third-order valence-electron chi connectivity index (χ3n) is 2.71. The zero-order valence-electron chi connectivity index (χ0n) is 10.8. The van der Waals surface area contributed by atoms with Crippen LogP contribution in [0.25, 0.3) is 11.0 Å². The molecule has 0 aliphatic heterocycles. The monoisotopic (exact) mass is 261 g/mol. The Morgan fingerprint density at radius 3 is 2.74 bits per heavy atom. The minimum Gasteiger partial charge on any atom is -0.451 e. The largest absolute Gasteiger partial charge is 0.451 e. The summed E-state index contributed by atoms with van der Waals surface area (Å²) in [5.41, 5.74) is -0.683. The smallest absolute Gasteiger partial charge is 0.287 e. The van der Waals surface area contributed by atoms with E-state index in [4.69, 9.17) is 9.52 Å². The first-order valence-electron chi connectivity index (χ1n) is 5.89. The fraction of sp³-hybridized carbons (Fsp3) is 0.286. The van der Waals surface area contributed by atoms with E-state index in [1.54, 1.807) is 38.1 Å². The molecule has 0 atom stereocenters. The number of benzene rings is 1. The molecule has 0 aliphatic rings. The number of amides is 1. The summed E-state index contributed by atoms with van der Waals surface area (Å²) in [5.74, 6) is -0.591. The molecule has 5 heteroatoms. The molecule has 1 aromatic heterocycles. The van der Waals surface area contributed by atoms with Gasteiger partial charge in [-0.1, -0.05) is 12.1 Å². The van der Waals surface area contributed by atoms with Gasteiger partial charge in [-0.15, -0.1) is 0 Å². The fourth-order valence-electron chi connectivity index (χ4n) is 1.62. The van der Waals surface area contributed by atoms with Crippen LogP contribution in [-0.2, 0) is 0 Å². The first-order chi connectivity index (χ1) is 8.93. The normalized spacial score (nSPS) is 11.5. The van der Waals surface area contributed by atoms with Crippen molar-refractivity contribution in [3.63, 3.8) is 0 Å². The Morgan fingerprint density at radius 1 is 1.37 bits per heavy atom. The maximum absolute atomic E-state index is 12.0. The molecule has 2 aromatic rings. The summed E-state index contributed by atoms with van der Waals surface area (Å²) in [6.45, 7) is 3.13. The highest BCUT2D eigenvalue weighted by Crippen LogP contribution is 2.12. The molecule has 1 aromatic carbocycles. The maximum Gasteiger partial charge on any atom is 0.287 e. The van der Waals surface area contributed by atoms with E-state index in [1.807, 2.05) is 0 Å². The minimum atomic E-state index is -0.776. The number of hydrogen-bond acceptors (Lipinski definition) is 4. The van der Waals surface area contributed by atoms with Crippen LogP contribution in [0.3, 0.4) is 0 Å². The van der Waals surface area contributed by atoms with Gasteiger partial charge >= 0.3 is 0 Å². The standard InChI is InChI=1S/C14H15NO4/c1-14(2,8-16)15-13(18)12-7-10(17)9-5-3-4-6-11(9)19-12/h3-7,16H,8H2,1-2H3,(H,15,18). The summed E-state index contributed by atoms with van der Waals surface area (Å²) in [6.07, 6.45) is 0. The zero-order chi connectivity index (χ0) is 14.0. The highest BCUT2D eigenvalue weighted by molar-refractivity contribution is 5.93. The molecule has 19 heavy (non-hydrogen) atoms. The number of nitrogens with one attached hydrogen (secondary N) is 1. The van der Waals surface area contributed by atoms with E-state index < -0.39 is 11.4 Å². The quantitative estimate of drug-likeness (QED) is 0.872. The van der Waals surface area contributed by atoms with Crippen LogP contribution in [0.5, 0.6) is 0 Å². The highest BCUT2D eigenvalue weighted by Gasteiger charge is 2.22. The molecule has 0 saturated carbocycles. The van der Waals surface area contributed by atoms with E-state index in [9.17, 15) is 9.59 Å². The predicted octanol–water partition coefficient (Wildman–Crippen LogP) is 1.29. The maximum atomic E-state index is 12.0. The Morgan fingerprint density at radius 2 is 2.05 bits per heavy atom. The van der Waals surface area contributed by atoms with E-state index in [-0.39, 0.29) is 17.8 Å². The molecule has 2 rings (SSSR count). The number of para-hydroxylation sites is 1. The van der Waals surface area contributed by atoms with E-state index in [0.29, 0.717) is 11.0 Å². The first kappa shape index (κ1) is 13.3. The number of carbonyl (C=O) groups excluding carboxylic acids is 1. The summed E-state index contributed by atoms with van der Waals surface area (Å²) in [5, 5.41) is 12.1. The molecule has 0 bridgehead atoms. The van der Waals surface area contributed by atoms with E-state index in [2.05, 4.69) is 5.32 Å². The molecule has 5 nitrogen and oxygen atoms in total. The van der Waals surface area contributed by atoms with E-state index in [1.165, 1.54) is 0 Å². The minimum absolute atomic E-state index is 0.0646. The molecule has 0 radical (unpaired) electrons. The number of aliphatic hydroxyl groups is 1. The first-order valence-corrected chi connectivity index (χ1v) is 5.89. The van der Waals surface area contributed by atoms with Crippen molar-refractivity contribution in [2.75, 3.05) is 6.61 Å². The van der Waals surface area contributed by atoms with Gasteiger partial charge in [-0.05, 0) is 26.0 Å². The van der Waals surface area contributed by atoms with Crippen molar-refractivity contribution in [2.45, 2.75) is 19.4 Å². The van der Waals surface area contributed by atoms with Gasteiger partial charge in [-0.25, -0.2) is 0 Å². The summed E-state index contributed by atoms with van der Waals surface area (Å²) in [6, 6.07) is 7.88. The topological polar surface area (TPSA) is 79.5 Å². The van der Waals surface area contributed by atoms with Crippen LogP contribution in [0.15, 0.2) is 39.5 Å². The lowest BCUT2D eigenvalue weighted by atomic mass is 10.1. The summed E-state index contributed by atoms with van der Waals surface area (Å²) in [4.78, 5) is 23.8. The summed E-state index contributed by atoms with van der Waals surface area (Å²) < 4.78 is 5.40. The van der Waals surface area contributed by atoms with Gasteiger partial charge in [-0.2, -0.15) is 0 Å². The summed E-state index contributed by atoms with van der Waals surface area (Å²) >= 11 is 0. The van der Waals surface area contributed by atoms with Crippen LogP contribution in [0, 0.1) is 0 Å². The van der Waals surface area contributed by atoms with Gasteiger partial charge in [0.25, 0.3) is 5.91 Å². The molecule has 1 amide bonds. The lowest BCUT2D eigenvalue weighted by molar-refractivity contribution is 0.0841. The Hall–Kier alpha value is -2.14. The number of rotatable bonds is 3. The average molecular weight is 261 g/mol. The van der Waals surface area contributed by atoms with Crippen molar-refractivity contribution in [3.8, 4) is 0 Å². The van der Waals surface area contributed by atoms with Crippen LogP contribution in [0.1, 0.15) is 24.4 Å². The van der Waals surface area contributed by atoms with Gasteiger partial charge in [0.1, 0.15) is 5.58 Å². The van der Waals surface area contributed by atoms with Crippen molar-refractivity contribution in [3.05, 3.63) is 46.3 Å². The number of aliphatic hydroxyl groups excluding tert-OH is 1. The third kappa shape index (κ3) is 2.82. The van der Waals surface area contributed by atoms with Crippen molar-refractivity contribution in [1.82, 2.24) is 5.32 Å². The van der Waals surface area contributed by atoms with Crippen molar-refractivity contribution in [1.29, 1.82) is 0 Å². The number of hydrogen-bond donors (Lipinski definition) is 2. The van der Waals surface area contributed by atoms with E-state index >= 15 is 0 Å². The van der Waals surface area contributed by atoms with Gasteiger partial charge in [0.05, 0.1) is 17.5 Å². The van der Waals surface area contributed by atoms with Crippen LogP contribution in [-0.4, -0.2) is 23.2 Å². The van der Waals surface area contributed by atoms with Crippen LogP contribution in [0.4, 0.5) is 0 Å². The van der Waals surface area contributed by atoms with Gasteiger partial charge in [0, 0.05) is 6.07 Å². The molecular weight excluding hydrogens is 246 g/mol. The van der Waals surface area contributed by atoms with Gasteiger partial charge in [-0.3, -0.25) is 9.59 Å². The van der Waals surface area contributed by atoms with Crippen molar-refractivity contribution >= 4 is 16.9 Å². The van der Waals surface area contributed by atoms with Crippen molar-refractivity contribution in [2.24, 2.45) is 0 Å². The van der Waals surface area contributed by atoms with Crippen LogP contribution >= 0.6 is 0 Å². The van der Waals surface area contributed by atoms with Crippen LogP contribution < -0.4 is 10.7 Å². The van der Waals surface area contributed by atoms with E-state index in [0.717, 1.165) is 6.07 Å². The molecular formula is C14H15NO4. The second-order valence-corrected chi connectivity index (χ2v) is 4.97. The van der Waals surface area contributed by atoms with Gasteiger partial charge < -0.3 is 14.8 Å². The molecule has 2 N–H and O–H groups in total. The van der Waals surface area contributed by atoms with Gasteiger partial charge in [0.2, 0.25) is 0 Å². The summed E-state index contributed by atoms with van der Waals surface area (Å²) in [7, 11) is 0. The Balaban J connectivity index is 2.41. The number of fused-ring (bicyclic) bond motifs is 1. The lowest BCUT2D eigenvalue weighted by Gasteiger charge is -2.22. The van der Waals surface area contributed by atoms with Crippen LogP contribution in [0.2, 0.25) is 0 Å². The molecule has 100 valence electrons. The highest BCUT2D eigenvalue weighted by atomic mass is 16.3. The molecule has 0 unspecified atom stereocenters. The number of carbonyl (C=O) groups is 1. The molecule has 0 spiro atoms. The van der Waals surface area contributed by atoms with Gasteiger partial charge in [0.15, 0.2) is 11.2 Å². The molecule has 0 fully saturated rings. The predicted molar refractivity (Wildman–Crippen MR) is 71.1 cm³/mol. The van der Waals surface area contributed by atoms with Crippen molar-refractivity contribution < 1.29 is 14.3 Å². The third-order valence-corrected chi connectivity index (χ3v) is 2.71. The Bertz CT molecular complexity index is 672. The fourth-order valence-corrected chi connectivity index (χ4v) is 1.62. The lowest BCUT2D eigenvalue weighted by Crippen LogP contribution is -2.46. The second kappa shape index (κ2) is 4.85. The average Bonchev–Trinajstić information content (AvgIpc) is 2.38. The zero-order valence-corrected chi connectivity index (χ0v) is 10.8. The Kier molecular flexibility index (Phi) is 3.40. The Labute approximate surface area is 109 Å². The molecule has 1 heterocycles. The second-order valence-electron chi connectivity index (χ2n) is 4.97. The molecule has 0 aliphatic carbocycles.